The van der Waals surface area contributed by atoms with Crippen molar-refractivity contribution in [3.8, 4) is 22.9 Å². The lowest BCUT2D eigenvalue weighted by Crippen LogP contribution is -2.56. The number of carbonyl (C=O) groups excluding carboxylic acids is 4. The van der Waals surface area contributed by atoms with Crippen LogP contribution in [0, 0.1) is 23.5 Å². The van der Waals surface area contributed by atoms with Crippen molar-refractivity contribution >= 4 is 58.9 Å². The number of nitrogens with zero attached hydrogens (tertiary/aromatic N) is 3. The van der Waals surface area contributed by atoms with Crippen LogP contribution in [0.15, 0.2) is 47.8 Å². The molecule has 66 heavy (non-hydrogen) atoms. The highest BCUT2D eigenvalue weighted by molar-refractivity contribution is 7.59. The van der Waals surface area contributed by atoms with Crippen LogP contribution in [-0.2, 0) is 29.8 Å². The summed E-state index contributed by atoms with van der Waals surface area (Å²) in [5.74, 6) is -3.40. The molecule has 7 rings (SSSR count). The Morgan fingerprint density at radius 3 is 2.45 bits per heavy atom. The van der Waals surface area contributed by atoms with Gasteiger partial charge in [0.1, 0.15) is 64.7 Å². The molecule has 6 atom stereocenters. The third-order valence-electron chi connectivity index (χ3n) is 12.7. The van der Waals surface area contributed by atoms with Gasteiger partial charge in [0.15, 0.2) is 5.13 Å². The number of carbonyl (C=O) groups is 4. The van der Waals surface area contributed by atoms with Gasteiger partial charge in [0.05, 0.1) is 31.0 Å². The molecule has 2 aromatic carbocycles. The van der Waals surface area contributed by atoms with Gasteiger partial charge in [-0.25, -0.2) is 23.5 Å². The number of aromatic nitrogens is 2. The summed E-state index contributed by atoms with van der Waals surface area (Å²) in [7, 11) is -3.09. The van der Waals surface area contributed by atoms with E-state index in [2.05, 4.69) is 16.0 Å². The number of likely N-dealkylation sites (tertiary alicyclic amines) is 1. The third-order valence-corrected chi connectivity index (χ3v) is 16.1. The zero-order valence-corrected chi connectivity index (χ0v) is 39.6. The Hall–Kier alpha value is -5.19. The summed E-state index contributed by atoms with van der Waals surface area (Å²) in [5, 5.41) is 10.3. The lowest BCUT2D eigenvalue weighted by molar-refractivity contribution is -0.141. The largest absolute Gasteiger partial charge is 0.497 e. The first-order valence-corrected chi connectivity index (χ1v) is 25.4. The van der Waals surface area contributed by atoms with Crippen LogP contribution in [0.1, 0.15) is 97.5 Å². The predicted molar refractivity (Wildman–Crippen MR) is 247 cm³/mol. The predicted octanol–water partition coefficient (Wildman–Crippen LogP) is 8.57. The second-order valence-corrected chi connectivity index (χ2v) is 21.6. The molecule has 15 nitrogen and oxygen atoms in total. The second kappa shape index (κ2) is 20.8. The van der Waals surface area contributed by atoms with E-state index >= 15 is 0 Å². The fourth-order valence-corrected chi connectivity index (χ4v) is 12.4. The summed E-state index contributed by atoms with van der Waals surface area (Å²) in [6, 6.07) is 7.98. The molecule has 0 spiro atoms. The van der Waals surface area contributed by atoms with E-state index in [1.165, 1.54) is 16.2 Å². The zero-order chi connectivity index (χ0) is 47.3. The number of alkyl carbamates (subject to hydrolysis) is 1. The van der Waals surface area contributed by atoms with Crippen molar-refractivity contribution in [1.29, 1.82) is 0 Å². The van der Waals surface area contributed by atoms with Gasteiger partial charge in [0.25, 0.3) is 0 Å². The van der Waals surface area contributed by atoms with Crippen molar-refractivity contribution in [3.05, 3.63) is 65.0 Å². The molecule has 19 heteroatoms. The van der Waals surface area contributed by atoms with Crippen molar-refractivity contribution in [2.75, 3.05) is 19.0 Å². The quantitative estimate of drug-likeness (QED) is 0.0375. The van der Waals surface area contributed by atoms with E-state index in [1.54, 1.807) is 45.2 Å². The number of ether oxygens (including phenoxy) is 3. The minimum atomic E-state index is -4.64. The van der Waals surface area contributed by atoms with E-state index in [4.69, 9.17) is 24.2 Å². The summed E-state index contributed by atoms with van der Waals surface area (Å²) in [6.45, 7) is 7.42. The first kappa shape index (κ1) is 48.7. The minimum Gasteiger partial charge on any atom is -0.497 e. The van der Waals surface area contributed by atoms with E-state index in [1.807, 2.05) is 19.2 Å². The van der Waals surface area contributed by atoms with Crippen LogP contribution in [0.25, 0.3) is 22.3 Å². The topological polar surface area (TPSA) is 198 Å². The Balaban J connectivity index is 1.22. The number of rotatable bonds is 20. The smallest absolute Gasteiger partial charge is 0.408 e. The molecule has 1 saturated heterocycles. The van der Waals surface area contributed by atoms with Crippen LogP contribution in [0.5, 0.6) is 11.5 Å². The number of anilines is 1. The van der Waals surface area contributed by atoms with Crippen LogP contribution in [0.4, 0.5) is 18.7 Å². The van der Waals surface area contributed by atoms with Crippen molar-refractivity contribution in [3.63, 3.8) is 0 Å². The first-order chi connectivity index (χ1) is 31.5. The number of aldehydes is 1. The normalized spacial score (nSPS) is 22.0. The van der Waals surface area contributed by atoms with E-state index < -0.39 is 83.9 Å². The fourth-order valence-electron chi connectivity index (χ4n) is 9.08. The van der Waals surface area contributed by atoms with Gasteiger partial charge >= 0.3 is 6.09 Å². The molecule has 2 aliphatic carbocycles. The van der Waals surface area contributed by atoms with Gasteiger partial charge in [0.2, 0.25) is 19.2 Å². The number of hydrogen-bond donors (Lipinski definition) is 4. The number of thiazole rings is 1. The maximum atomic E-state index is 15.0. The van der Waals surface area contributed by atoms with E-state index in [0.717, 1.165) is 50.2 Å². The third kappa shape index (κ3) is 11.0. The summed E-state index contributed by atoms with van der Waals surface area (Å²) in [5.41, 5.74) is 1.06. The van der Waals surface area contributed by atoms with Crippen LogP contribution in [0.3, 0.4) is 0 Å². The number of benzene rings is 2. The molecular formula is C47H59F2N6O9PS. The van der Waals surface area contributed by atoms with Gasteiger partial charge in [-0.2, -0.15) is 0 Å². The van der Waals surface area contributed by atoms with Gasteiger partial charge in [-0.1, -0.05) is 26.3 Å². The number of pyridine rings is 1. The van der Waals surface area contributed by atoms with Crippen LogP contribution >= 0.6 is 18.7 Å². The van der Waals surface area contributed by atoms with Crippen molar-refractivity contribution in [2.45, 2.75) is 134 Å². The molecule has 3 amide bonds. The summed E-state index contributed by atoms with van der Waals surface area (Å²) < 4.78 is 62.4. The molecule has 0 radical (unpaired) electrons. The highest BCUT2D eigenvalue weighted by Gasteiger charge is 2.66. The molecule has 356 valence electrons. The van der Waals surface area contributed by atoms with Crippen molar-refractivity contribution in [1.82, 2.24) is 25.5 Å². The molecule has 4 aromatic rings. The van der Waals surface area contributed by atoms with Gasteiger partial charge in [-0.15, -0.1) is 11.3 Å². The molecule has 3 heterocycles. The average molecular weight is 953 g/mol. The van der Waals surface area contributed by atoms with Gasteiger partial charge < -0.3 is 44.7 Å². The molecule has 3 aliphatic rings. The maximum absolute atomic E-state index is 15.0. The van der Waals surface area contributed by atoms with E-state index in [9.17, 15) is 37.4 Å². The molecule has 2 aromatic heterocycles. The Labute approximate surface area is 387 Å². The number of nitrogens with one attached hydrogen (secondary N) is 3. The second-order valence-electron chi connectivity index (χ2n) is 18.2. The van der Waals surface area contributed by atoms with Gasteiger partial charge in [-0.05, 0) is 94.9 Å². The lowest BCUT2D eigenvalue weighted by atomic mass is 10.0. The standard InChI is InChI=1S/C47H59F2N6O9PS/c1-27(2)42(53-46(59)64-30-13-8-9-14-30)44(58)55-24-32(63-41-22-38(39-26-66-45(52-39)50-28(3)4)51-37-20-31(62-5)17-18-33(37)41)21-40(55)43(57)54-47(23-29(47)12-7-6-10-19-56)65(60,61)25-34-35(48)15-11-16-36(34)49/h11,15-20,22,26-30,32,40,42H,6-10,12-14,21,23-25H2,1-5H3,(H,50,52)(H,53,59)(H,54,57)(H,60,61)/t29-,32-,40+,42?,47+/m1/s1. The molecule has 2 saturated carbocycles. The van der Waals surface area contributed by atoms with Gasteiger partial charge in [-0.3, -0.25) is 14.2 Å². The lowest BCUT2D eigenvalue weighted by Gasteiger charge is -2.32. The Morgan fingerprint density at radius 1 is 1.03 bits per heavy atom. The number of fused-ring (bicyclic) bond motifs is 1. The number of halogens is 2. The van der Waals surface area contributed by atoms with E-state index in [0.29, 0.717) is 58.2 Å². The summed E-state index contributed by atoms with van der Waals surface area (Å²) in [6.07, 6.45) is 2.96. The fraction of sp³-hybridized carbons (Fsp3) is 0.532. The van der Waals surface area contributed by atoms with Crippen LogP contribution in [-0.4, -0.2) is 93.2 Å². The Morgan fingerprint density at radius 2 is 1.77 bits per heavy atom. The van der Waals surface area contributed by atoms with Gasteiger partial charge in [0, 0.05) is 47.3 Å². The zero-order valence-electron chi connectivity index (χ0n) is 37.9. The SMILES string of the molecule is COc1ccc2c(O[C@@H]3C[C@@H](C(=O)N[C@]4(P(=O)(O)Cc5c(F)cccc5F)C[C@H]4CCCCC=O)N(C(=O)C(NC(=O)OC4CCCC4)C(C)C)C3)cc(-c3csc(NC(C)C)n3)nc2c1. The highest BCUT2D eigenvalue weighted by atomic mass is 32.1. The maximum Gasteiger partial charge on any atom is 0.408 e. The van der Waals surface area contributed by atoms with E-state index in [-0.39, 0.29) is 38.0 Å². The van der Waals surface area contributed by atoms with Crippen molar-refractivity contribution < 1.29 is 51.6 Å². The van der Waals surface area contributed by atoms with Crippen LogP contribution < -0.4 is 25.4 Å². The molecule has 4 N–H and O–H groups in total. The Kier molecular flexibility index (Phi) is 15.3. The Bertz CT molecular complexity index is 2450. The molecule has 0 bridgehead atoms. The van der Waals surface area contributed by atoms with Crippen LogP contribution in [0.2, 0.25) is 0 Å². The number of unbranched alkanes of at least 4 members (excludes halogenated alkanes) is 2. The summed E-state index contributed by atoms with van der Waals surface area (Å²) in [4.78, 5) is 76.8. The minimum absolute atomic E-state index is 0.0354. The van der Waals surface area contributed by atoms with Crippen molar-refractivity contribution in [2.24, 2.45) is 11.8 Å². The number of hydrogen-bond acceptors (Lipinski definition) is 12. The molecule has 2 unspecified atom stereocenters. The highest BCUT2D eigenvalue weighted by Crippen LogP contribution is 2.71. The molecule has 3 fully saturated rings. The number of methoxy groups -OCH3 is 1. The average Bonchev–Trinajstić information content (AvgIpc) is 3.69. The monoisotopic (exact) mass is 952 g/mol. The summed E-state index contributed by atoms with van der Waals surface area (Å²) >= 11 is 1.42. The first-order valence-electron chi connectivity index (χ1n) is 22.7. The molecular weight excluding hydrogens is 894 g/mol. The molecule has 1 aliphatic heterocycles. The number of amides is 3.